The Morgan fingerprint density at radius 3 is 2.68 bits per heavy atom. The fourth-order valence-corrected chi connectivity index (χ4v) is 4.19. The van der Waals surface area contributed by atoms with Crippen molar-refractivity contribution in [1.29, 1.82) is 0 Å². The summed E-state index contributed by atoms with van der Waals surface area (Å²) >= 11 is 0. The molecule has 0 unspecified atom stereocenters. The van der Waals surface area contributed by atoms with Crippen molar-refractivity contribution in [2.45, 2.75) is 23.5 Å². The molecule has 2 aromatic carbocycles. The molecule has 0 fully saturated rings. The van der Waals surface area contributed by atoms with Crippen LogP contribution in [0.3, 0.4) is 0 Å². The Labute approximate surface area is 162 Å². The first-order valence-electron chi connectivity index (χ1n) is 8.66. The number of nitrogens with one attached hydrogen (secondary N) is 1. The molecule has 1 amide bonds. The predicted octanol–water partition coefficient (Wildman–Crippen LogP) is 3.08. The molecule has 0 aliphatic carbocycles. The summed E-state index contributed by atoms with van der Waals surface area (Å²) < 4.78 is 54.9. The van der Waals surface area contributed by atoms with E-state index in [9.17, 15) is 22.0 Å². The number of methoxy groups -OCH3 is 1. The second-order valence-electron chi connectivity index (χ2n) is 6.34. The number of para-hydroxylation sites is 2. The largest absolute Gasteiger partial charge is 0.495 e. The smallest absolute Gasteiger partial charge is 0.341 e. The molecule has 0 saturated carbocycles. The van der Waals surface area contributed by atoms with Crippen molar-refractivity contribution in [3.8, 4) is 5.75 Å². The van der Waals surface area contributed by atoms with Gasteiger partial charge in [0.25, 0.3) is 0 Å². The highest BCUT2D eigenvalue weighted by molar-refractivity contribution is 7.91. The maximum Gasteiger partial charge on any atom is 0.341 e. The third-order valence-corrected chi connectivity index (χ3v) is 5.97. The number of carbonyl (C=O) groups excluding carboxylic acids is 1. The number of anilines is 2. The van der Waals surface area contributed by atoms with Gasteiger partial charge in [-0.2, -0.15) is 8.78 Å². The van der Waals surface area contributed by atoms with Gasteiger partial charge in [-0.25, -0.2) is 8.42 Å². The van der Waals surface area contributed by atoms with E-state index in [0.29, 0.717) is 12.3 Å². The average Bonchev–Trinajstić information content (AvgIpc) is 2.67. The van der Waals surface area contributed by atoms with Gasteiger partial charge in [0.15, 0.2) is 0 Å². The van der Waals surface area contributed by atoms with E-state index in [1.54, 1.807) is 13.2 Å². The molecule has 1 aliphatic rings. The lowest BCUT2D eigenvalue weighted by atomic mass is 10.0. The number of fused-ring (bicyclic) bond motifs is 1. The molecule has 0 radical (unpaired) electrons. The Kier molecular flexibility index (Phi) is 5.83. The second-order valence-corrected chi connectivity index (χ2v) is 8.23. The Balaban J connectivity index is 1.83. The Morgan fingerprint density at radius 1 is 1.21 bits per heavy atom. The molecule has 1 aliphatic heterocycles. The summed E-state index contributed by atoms with van der Waals surface area (Å²) in [4.78, 5) is 13.8. The van der Waals surface area contributed by atoms with Gasteiger partial charge >= 0.3 is 5.76 Å². The zero-order chi connectivity index (χ0) is 20.3. The van der Waals surface area contributed by atoms with Gasteiger partial charge in [0.2, 0.25) is 15.7 Å². The topological polar surface area (TPSA) is 75.7 Å². The van der Waals surface area contributed by atoms with Crippen molar-refractivity contribution in [3.63, 3.8) is 0 Å². The van der Waals surface area contributed by atoms with Crippen LogP contribution in [0.1, 0.15) is 12.0 Å². The number of rotatable bonds is 6. The molecule has 0 spiro atoms. The number of aryl methyl sites for hydroxylation is 1. The summed E-state index contributed by atoms with van der Waals surface area (Å²) in [6.07, 6.45) is 1.71. The number of carbonyl (C=O) groups is 1. The van der Waals surface area contributed by atoms with E-state index in [0.717, 1.165) is 30.2 Å². The summed E-state index contributed by atoms with van der Waals surface area (Å²) in [5, 5.41) is 2.45. The standard InChI is InChI=1S/C19H20F2N2O4S/c1-27-15-9-4-6-13-7-5-11-23(18(13)15)12-17(24)22-14-8-2-3-10-16(14)28(25,26)19(20)21/h2-4,6,8-10,19H,5,7,11-12H2,1H3,(H,22,24). The maximum atomic E-state index is 12.9. The first-order valence-corrected chi connectivity index (χ1v) is 10.2. The first kappa shape index (κ1) is 20.1. The number of benzene rings is 2. The van der Waals surface area contributed by atoms with Crippen LogP contribution in [0.25, 0.3) is 0 Å². The molecule has 0 atom stereocenters. The van der Waals surface area contributed by atoms with Crippen molar-refractivity contribution in [1.82, 2.24) is 0 Å². The second kappa shape index (κ2) is 8.14. The minimum Gasteiger partial charge on any atom is -0.495 e. The van der Waals surface area contributed by atoms with Crippen LogP contribution in [0.2, 0.25) is 0 Å². The fraction of sp³-hybridized carbons (Fsp3) is 0.316. The molecule has 2 aromatic rings. The number of ether oxygens (including phenoxy) is 1. The number of alkyl halides is 2. The molecule has 150 valence electrons. The zero-order valence-corrected chi connectivity index (χ0v) is 16.0. The van der Waals surface area contributed by atoms with Crippen LogP contribution in [-0.2, 0) is 21.1 Å². The highest BCUT2D eigenvalue weighted by Crippen LogP contribution is 2.36. The van der Waals surface area contributed by atoms with Crippen LogP contribution in [-0.4, -0.2) is 40.3 Å². The van der Waals surface area contributed by atoms with E-state index in [-0.39, 0.29) is 12.2 Å². The lowest BCUT2D eigenvalue weighted by molar-refractivity contribution is -0.115. The first-order chi connectivity index (χ1) is 13.3. The number of nitrogens with zero attached hydrogens (tertiary/aromatic N) is 1. The van der Waals surface area contributed by atoms with Crippen LogP contribution in [0.4, 0.5) is 20.2 Å². The molecule has 1 heterocycles. The molecule has 1 N–H and O–H groups in total. The van der Waals surface area contributed by atoms with Crippen LogP contribution in [0.15, 0.2) is 47.4 Å². The molecule has 3 rings (SSSR count). The quantitative estimate of drug-likeness (QED) is 0.792. The number of hydrogen-bond donors (Lipinski definition) is 1. The van der Waals surface area contributed by atoms with Crippen LogP contribution < -0.4 is 15.0 Å². The Morgan fingerprint density at radius 2 is 1.96 bits per heavy atom. The van der Waals surface area contributed by atoms with Crippen LogP contribution >= 0.6 is 0 Å². The van der Waals surface area contributed by atoms with Gasteiger partial charge in [-0.3, -0.25) is 4.79 Å². The number of halogens is 2. The molecular formula is C19H20F2N2O4S. The molecule has 28 heavy (non-hydrogen) atoms. The Hall–Kier alpha value is -2.68. The molecule has 9 heteroatoms. The third kappa shape index (κ3) is 3.94. The highest BCUT2D eigenvalue weighted by Gasteiger charge is 2.30. The monoisotopic (exact) mass is 410 g/mol. The van der Waals surface area contributed by atoms with Crippen molar-refractivity contribution in [3.05, 3.63) is 48.0 Å². The molecule has 0 bridgehead atoms. The molecule has 0 saturated heterocycles. The lowest BCUT2D eigenvalue weighted by Crippen LogP contribution is -2.37. The van der Waals surface area contributed by atoms with Gasteiger partial charge in [-0.05, 0) is 36.6 Å². The third-order valence-electron chi connectivity index (χ3n) is 4.53. The average molecular weight is 410 g/mol. The van der Waals surface area contributed by atoms with Crippen molar-refractivity contribution < 1.29 is 26.7 Å². The van der Waals surface area contributed by atoms with Gasteiger partial charge in [0, 0.05) is 6.54 Å². The summed E-state index contributed by atoms with van der Waals surface area (Å²) in [6.45, 7) is 0.564. The predicted molar refractivity (Wildman–Crippen MR) is 102 cm³/mol. The van der Waals surface area contributed by atoms with E-state index in [2.05, 4.69) is 5.32 Å². The maximum absolute atomic E-state index is 12.9. The number of hydrogen-bond acceptors (Lipinski definition) is 5. The van der Waals surface area contributed by atoms with Crippen molar-refractivity contribution in [2.75, 3.05) is 30.4 Å². The Bertz CT molecular complexity index is 965. The summed E-state index contributed by atoms with van der Waals surface area (Å²) in [5.41, 5.74) is 1.71. The molecule has 0 aromatic heterocycles. The summed E-state index contributed by atoms with van der Waals surface area (Å²) in [6, 6.07) is 10.8. The van der Waals surface area contributed by atoms with E-state index >= 15 is 0 Å². The number of sulfone groups is 1. The highest BCUT2D eigenvalue weighted by atomic mass is 32.2. The van der Waals surface area contributed by atoms with E-state index in [1.807, 2.05) is 17.0 Å². The van der Waals surface area contributed by atoms with E-state index in [1.165, 1.54) is 18.2 Å². The van der Waals surface area contributed by atoms with Gasteiger partial charge < -0.3 is 15.0 Å². The minimum atomic E-state index is -4.83. The van der Waals surface area contributed by atoms with Crippen molar-refractivity contribution >= 4 is 27.1 Å². The lowest BCUT2D eigenvalue weighted by Gasteiger charge is -2.32. The normalized spacial score (nSPS) is 13.9. The zero-order valence-electron chi connectivity index (χ0n) is 15.2. The fourth-order valence-electron chi connectivity index (χ4n) is 3.30. The summed E-state index contributed by atoms with van der Waals surface area (Å²) in [7, 11) is -3.28. The van der Waals surface area contributed by atoms with Crippen LogP contribution in [0, 0.1) is 0 Å². The van der Waals surface area contributed by atoms with Crippen molar-refractivity contribution in [2.24, 2.45) is 0 Å². The summed E-state index contributed by atoms with van der Waals surface area (Å²) in [5.74, 6) is -3.43. The van der Waals surface area contributed by atoms with Gasteiger partial charge in [0.05, 0.1) is 29.9 Å². The number of amides is 1. The van der Waals surface area contributed by atoms with E-state index in [4.69, 9.17) is 4.74 Å². The molecule has 6 nitrogen and oxygen atoms in total. The van der Waals surface area contributed by atoms with Gasteiger partial charge in [0.1, 0.15) is 5.75 Å². The van der Waals surface area contributed by atoms with Gasteiger partial charge in [-0.15, -0.1) is 0 Å². The van der Waals surface area contributed by atoms with E-state index < -0.39 is 26.4 Å². The molecular weight excluding hydrogens is 390 g/mol. The van der Waals surface area contributed by atoms with Gasteiger partial charge in [-0.1, -0.05) is 24.3 Å². The van der Waals surface area contributed by atoms with Crippen LogP contribution in [0.5, 0.6) is 5.75 Å². The SMILES string of the molecule is COc1cccc2c1N(CC(=O)Nc1ccccc1S(=O)(=O)C(F)F)CCC2. The minimum absolute atomic E-state index is 0.0591.